The van der Waals surface area contributed by atoms with Gasteiger partial charge in [-0.25, -0.2) is 0 Å². The van der Waals surface area contributed by atoms with Gasteiger partial charge in [0, 0.05) is 18.6 Å². The van der Waals surface area contributed by atoms with Crippen LogP contribution in [0.2, 0.25) is 0 Å². The molecule has 3 nitrogen and oxygen atoms in total. The van der Waals surface area contributed by atoms with Gasteiger partial charge in [0.05, 0.1) is 6.54 Å². The summed E-state index contributed by atoms with van der Waals surface area (Å²) in [5.74, 6) is 0.155. The van der Waals surface area contributed by atoms with Crippen LogP contribution in [0.15, 0.2) is 0 Å². The highest BCUT2D eigenvalue weighted by Gasteiger charge is 2.26. The zero-order valence-electron chi connectivity index (χ0n) is 12.8. The molecule has 0 bridgehead atoms. The van der Waals surface area contributed by atoms with Crippen molar-refractivity contribution in [3.8, 4) is 0 Å². The minimum absolute atomic E-state index is 0.00820. The molecule has 0 spiro atoms. The average Bonchev–Trinajstić information content (AvgIpc) is 2.09. The molecule has 0 aromatic rings. The fourth-order valence-electron chi connectivity index (χ4n) is 2.12. The molecule has 0 aliphatic heterocycles. The molecule has 17 heavy (non-hydrogen) atoms. The lowest BCUT2D eigenvalue weighted by atomic mass is 9.82. The molecule has 3 heteroatoms. The number of amides is 1. The van der Waals surface area contributed by atoms with E-state index in [0.717, 1.165) is 6.42 Å². The van der Waals surface area contributed by atoms with Gasteiger partial charge in [0.15, 0.2) is 0 Å². The normalized spacial score (nSPS) is 13.0. The summed E-state index contributed by atoms with van der Waals surface area (Å²) in [5.41, 5.74) is 0.259. The predicted molar refractivity (Wildman–Crippen MR) is 74.1 cm³/mol. The summed E-state index contributed by atoms with van der Waals surface area (Å²) in [4.78, 5) is 13.6. The van der Waals surface area contributed by atoms with E-state index in [1.165, 1.54) is 0 Å². The van der Waals surface area contributed by atoms with Gasteiger partial charge in [0.1, 0.15) is 0 Å². The van der Waals surface area contributed by atoms with Gasteiger partial charge < -0.3 is 10.2 Å². The third kappa shape index (κ3) is 7.37. The Bertz CT molecular complexity index is 251. The molecular weight excluding hydrogens is 212 g/mol. The molecule has 1 N–H and O–H groups in total. The molecular formula is C14H30N2O. The van der Waals surface area contributed by atoms with Gasteiger partial charge in [-0.3, -0.25) is 4.79 Å². The van der Waals surface area contributed by atoms with Crippen LogP contribution in [0.25, 0.3) is 0 Å². The first-order valence-electron chi connectivity index (χ1n) is 6.45. The standard InChI is InChI=1S/C14H30N2O/c1-11(2)16(8)12(17)9-15-14(6,7)10-13(3,4)5/h11,15H,9-10H2,1-8H3. The predicted octanol–water partition coefficient (Wildman–Crippen LogP) is 2.66. The Labute approximate surface area is 107 Å². The van der Waals surface area contributed by atoms with E-state index in [2.05, 4.69) is 39.9 Å². The van der Waals surface area contributed by atoms with Crippen LogP contribution in [0.1, 0.15) is 54.9 Å². The van der Waals surface area contributed by atoms with Gasteiger partial charge in [0.2, 0.25) is 5.91 Å². The van der Waals surface area contributed by atoms with Crippen LogP contribution in [0.4, 0.5) is 0 Å². The second kappa shape index (κ2) is 5.85. The van der Waals surface area contributed by atoms with E-state index in [1.54, 1.807) is 4.90 Å². The fraction of sp³-hybridized carbons (Fsp3) is 0.929. The summed E-state index contributed by atoms with van der Waals surface area (Å²) in [6.07, 6.45) is 1.04. The summed E-state index contributed by atoms with van der Waals surface area (Å²) < 4.78 is 0. The van der Waals surface area contributed by atoms with Gasteiger partial charge in [-0.2, -0.15) is 0 Å². The molecule has 0 aliphatic rings. The van der Waals surface area contributed by atoms with Crippen LogP contribution in [0.5, 0.6) is 0 Å². The van der Waals surface area contributed by atoms with Gasteiger partial charge in [-0.05, 0) is 39.5 Å². The molecule has 0 fully saturated rings. The van der Waals surface area contributed by atoms with Crippen molar-refractivity contribution in [2.24, 2.45) is 5.41 Å². The van der Waals surface area contributed by atoms with Crippen molar-refractivity contribution in [2.75, 3.05) is 13.6 Å². The van der Waals surface area contributed by atoms with E-state index in [0.29, 0.717) is 6.54 Å². The quantitative estimate of drug-likeness (QED) is 0.804. The molecule has 0 heterocycles. The van der Waals surface area contributed by atoms with Crippen molar-refractivity contribution in [3.05, 3.63) is 0 Å². The Morgan fingerprint density at radius 3 is 2.00 bits per heavy atom. The minimum atomic E-state index is -0.00820. The molecule has 0 unspecified atom stereocenters. The number of likely N-dealkylation sites (N-methyl/N-ethyl adjacent to an activating group) is 1. The SMILES string of the molecule is CC(C)N(C)C(=O)CNC(C)(C)CC(C)(C)C. The van der Waals surface area contributed by atoms with Crippen LogP contribution in [-0.4, -0.2) is 36.0 Å². The van der Waals surface area contributed by atoms with Crippen molar-refractivity contribution in [1.82, 2.24) is 10.2 Å². The number of hydrogen-bond acceptors (Lipinski definition) is 2. The lowest BCUT2D eigenvalue weighted by molar-refractivity contribution is -0.130. The molecule has 0 saturated heterocycles. The van der Waals surface area contributed by atoms with Crippen molar-refractivity contribution in [2.45, 2.75) is 66.5 Å². The molecule has 0 atom stereocenters. The fourth-order valence-corrected chi connectivity index (χ4v) is 2.12. The lowest BCUT2D eigenvalue weighted by Gasteiger charge is -2.34. The maximum Gasteiger partial charge on any atom is 0.236 e. The Hall–Kier alpha value is -0.570. The van der Waals surface area contributed by atoms with E-state index in [9.17, 15) is 4.79 Å². The highest BCUT2D eigenvalue weighted by atomic mass is 16.2. The Morgan fingerprint density at radius 2 is 1.65 bits per heavy atom. The number of nitrogens with one attached hydrogen (secondary N) is 1. The van der Waals surface area contributed by atoms with E-state index in [1.807, 2.05) is 20.9 Å². The third-order valence-electron chi connectivity index (χ3n) is 2.86. The van der Waals surface area contributed by atoms with Crippen LogP contribution in [0, 0.1) is 5.41 Å². The summed E-state index contributed by atoms with van der Waals surface area (Å²) in [5, 5.41) is 3.36. The maximum atomic E-state index is 11.9. The van der Waals surface area contributed by atoms with Gasteiger partial charge >= 0.3 is 0 Å². The summed E-state index contributed by atoms with van der Waals surface area (Å²) >= 11 is 0. The Morgan fingerprint density at radius 1 is 1.18 bits per heavy atom. The van der Waals surface area contributed by atoms with Crippen LogP contribution in [0.3, 0.4) is 0 Å². The number of nitrogens with zero attached hydrogens (tertiary/aromatic N) is 1. The van der Waals surface area contributed by atoms with Crippen molar-refractivity contribution < 1.29 is 4.79 Å². The molecule has 0 saturated carbocycles. The maximum absolute atomic E-state index is 11.9. The van der Waals surface area contributed by atoms with Crippen molar-refractivity contribution >= 4 is 5.91 Å². The van der Waals surface area contributed by atoms with E-state index < -0.39 is 0 Å². The zero-order chi connectivity index (χ0) is 13.9. The molecule has 0 aromatic heterocycles. The Balaban J connectivity index is 4.23. The number of rotatable bonds is 5. The van der Waals surface area contributed by atoms with Crippen molar-refractivity contribution in [3.63, 3.8) is 0 Å². The second-order valence-electron chi connectivity index (χ2n) is 7.07. The topological polar surface area (TPSA) is 32.3 Å². The second-order valence-corrected chi connectivity index (χ2v) is 7.07. The summed E-state index contributed by atoms with van der Waals surface area (Å²) in [6, 6.07) is 0.259. The highest BCUT2D eigenvalue weighted by molar-refractivity contribution is 5.78. The van der Waals surface area contributed by atoms with Crippen LogP contribution >= 0.6 is 0 Å². The molecule has 1 amide bonds. The van der Waals surface area contributed by atoms with Gasteiger partial charge in [-0.1, -0.05) is 20.8 Å². The first-order valence-corrected chi connectivity index (χ1v) is 6.45. The molecule has 0 radical (unpaired) electrons. The van der Waals surface area contributed by atoms with E-state index >= 15 is 0 Å². The molecule has 102 valence electrons. The number of carbonyl (C=O) groups excluding carboxylic acids is 1. The Kier molecular flexibility index (Phi) is 5.66. The van der Waals surface area contributed by atoms with Crippen LogP contribution in [-0.2, 0) is 4.79 Å². The van der Waals surface area contributed by atoms with Gasteiger partial charge in [0.25, 0.3) is 0 Å². The highest BCUT2D eigenvalue weighted by Crippen LogP contribution is 2.26. The average molecular weight is 242 g/mol. The number of hydrogen-bond donors (Lipinski definition) is 1. The first kappa shape index (κ1) is 16.4. The van der Waals surface area contributed by atoms with E-state index in [-0.39, 0.29) is 22.9 Å². The summed E-state index contributed by atoms with van der Waals surface area (Å²) in [7, 11) is 1.85. The third-order valence-corrected chi connectivity index (χ3v) is 2.86. The summed E-state index contributed by atoms with van der Waals surface area (Å²) in [6.45, 7) is 15.4. The molecule has 0 aromatic carbocycles. The first-order chi connectivity index (χ1) is 7.44. The number of carbonyl (C=O) groups is 1. The van der Waals surface area contributed by atoms with Crippen LogP contribution < -0.4 is 5.32 Å². The van der Waals surface area contributed by atoms with E-state index in [4.69, 9.17) is 0 Å². The largest absolute Gasteiger partial charge is 0.342 e. The monoisotopic (exact) mass is 242 g/mol. The smallest absolute Gasteiger partial charge is 0.236 e. The van der Waals surface area contributed by atoms with Gasteiger partial charge in [-0.15, -0.1) is 0 Å². The molecule has 0 rings (SSSR count). The minimum Gasteiger partial charge on any atom is -0.342 e. The lowest BCUT2D eigenvalue weighted by Crippen LogP contribution is -2.48. The zero-order valence-corrected chi connectivity index (χ0v) is 12.8. The van der Waals surface area contributed by atoms with Crippen molar-refractivity contribution in [1.29, 1.82) is 0 Å². The molecule has 0 aliphatic carbocycles.